The zero-order chi connectivity index (χ0) is 25.4. The molecule has 1 N–H and O–H groups in total. The van der Waals surface area contributed by atoms with Crippen molar-refractivity contribution in [1.82, 2.24) is 0 Å². The van der Waals surface area contributed by atoms with E-state index in [9.17, 15) is 19.2 Å². The first-order valence-corrected chi connectivity index (χ1v) is 13.4. The van der Waals surface area contributed by atoms with E-state index >= 15 is 0 Å². The van der Waals surface area contributed by atoms with Crippen LogP contribution < -0.4 is 0 Å². The lowest BCUT2D eigenvalue weighted by Crippen LogP contribution is -2.60. The van der Waals surface area contributed by atoms with Crippen LogP contribution in [-0.2, 0) is 28.7 Å². The Morgan fingerprint density at radius 2 is 1.74 bits per heavy atom. The number of Topliss-reactive ketones (excluding diaryl/α,β-unsaturated/α-hetero) is 1. The maximum atomic E-state index is 13.7. The molecule has 0 spiro atoms. The second kappa shape index (κ2) is 9.79. The Labute approximate surface area is 208 Å². The maximum Gasteiger partial charge on any atom is 0.308 e. The monoisotopic (exact) mass is 488 g/mol. The van der Waals surface area contributed by atoms with Gasteiger partial charge in [-0.1, -0.05) is 26.3 Å². The summed E-state index contributed by atoms with van der Waals surface area (Å²) in [5, 5.41) is 8.99. The van der Waals surface area contributed by atoms with Gasteiger partial charge in [-0.15, -0.1) is 0 Å². The van der Waals surface area contributed by atoms with Crippen LogP contribution in [0, 0.1) is 28.6 Å². The van der Waals surface area contributed by atoms with Crippen LogP contribution in [-0.4, -0.2) is 47.4 Å². The molecule has 0 aromatic heterocycles. The third-order valence-corrected chi connectivity index (χ3v) is 9.95. The van der Waals surface area contributed by atoms with Gasteiger partial charge in [-0.25, -0.2) is 0 Å². The number of aliphatic hydroxyl groups excluding tert-OH is 1. The number of ketones is 2. The molecule has 4 rings (SSSR count). The molecule has 0 aliphatic heterocycles. The van der Waals surface area contributed by atoms with Gasteiger partial charge in [-0.2, -0.15) is 0 Å². The quantitative estimate of drug-likeness (QED) is 0.513. The van der Waals surface area contributed by atoms with Gasteiger partial charge in [0.25, 0.3) is 0 Å². The number of carbonyl (C=O) groups is 4. The highest BCUT2D eigenvalue weighted by atomic mass is 16.6. The van der Waals surface area contributed by atoms with Crippen LogP contribution in [0.25, 0.3) is 0 Å². The van der Waals surface area contributed by atoms with Crippen LogP contribution >= 0.6 is 0 Å². The molecule has 194 valence electrons. The van der Waals surface area contributed by atoms with E-state index < -0.39 is 23.6 Å². The molecule has 0 amide bonds. The number of carbonyl (C=O) groups excluding carboxylic acids is 4. The molecule has 3 fully saturated rings. The molecule has 6 atom stereocenters. The Kier molecular flexibility index (Phi) is 7.29. The number of rotatable bonds is 8. The summed E-state index contributed by atoms with van der Waals surface area (Å²) in [5.74, 6) is -0.0373. The molecule has 3 saturated carbocycles. The van der Waals surface area contributed by atoms with Crippen molar-refractivity contribution in [3.8, 4) is 0 Å². The Morgan fingerprint density at radius 3 is 2.46 bits per heavy atom. The predicted molar refractivity (Wildman–Crippen MR) is 128 cm³/mol. The smallest absolute Gasteiger partial charge is 0.308 e. The molecule has 0 heterocycles. The molecule has 0 bridgehead atoms. The van der Waals surface area contributed by atoms with E-state index in [1.807, 2.05) is 13.0 Å². The van der Waals surface area contributed by atoms with Crippen molar-refractivity contribution in [2.75, 3.05) is 13.2 Å². The molecule has 0 radical (unpaired) electrons. The van der Waals surface area contributed by atoms with Gasteiger partial charge in [0.05, 0.1) is 13.0 Å². The summed E-state index contributed by atoms with van der Waals surface area (Å²) in [7, 11) is 0. The Hall–Kier alpha value is -2.02. The number of hydrogen-bond acceptors (Lipinski definition) is 7. The lowest BCUT2D eigenvalue weighted by Gasteiger charge is -2.59. The molecule has 0 aromatic carbocycles. The summed E-state index contributed by atoms with van der Waals surface area (Å²) in [6, 6.07) is 0. The van der Waals surface area contributed by atoms with Crippen LogP contribution in [0.3, 0.4) is 0 Å². The minimum atomic E-state index is -1.30. The topological polar surface area (TPSA) is 107 Å². The fourth-order valence-corrected chi connectivity index (χ4v) is 8.12. The molecule has 7 heteroatoms. The highest BCUT2D eigenvalue weighted by molar-refractivity contribution is 5.93. The van der Waals surface area contributed by atoms with Gasteiger partial charge in [0.2, 0.25) is 5.78 Å². The summed E-state index contributed by atoms with van der Waals surface area (Å²) >= 11 is 0. The van der Waals surface area contributed by atoms with E-state index in [0.29, 0.717) is 31.1 Å². The van der Waals surface area contributed by atoms with Crippen LogP contribution in [0.5, 0.6) is 0 Å². The summed E-state index contributed by atoms with van der Waals surface area (Å²) in [4.78, 5) is 50.4. The lowest BCUT2D eigenvalue weighted by molar-refractivity contribution is -0.192. The van der Waals surface area contributed by atoms with Crippen molar-refractivity contribution in [2.45, 2.75) is 97.0 Å². The third-order valence-electron chi connectivity index (χ3n) is 9.95. The van der Waals surface area contributed by atoms with Gasteiger partial charge in [-0.05, 0) is 80.6 Å². The Morgan fingerprint density at radius 1 is 1.00 bits per heavy atom. The molecule has 0 unspecified atom stereocenters. The predicted octanol–water partition coefficient (Wildman–Crippen LogP) is 4.10. The van der Waals surface area contributed by atoms with Crippen LogP contribution in [0.2, 0.25) is 0 Å². The number of allylic oxidation sites excluding steroid dienone is 1. The van der Waals surface area contributed by atoms with Gasteiger partial charge >= 0.3 is 11.9 Å². The van der Waals surface area contributed by atoms with Gasteiger partial charge in [0, 0.05) is 18.3 Å². The van der Waals surface area contributed by atoms with Gasteiger partial charge in [0.15, 0.2) is 18.0 Å². The molecule has 7 nitrogen and oxygen atoms in total. The van der Waals surface area contributed by atoms with Gasteiger partial charge in [0.1, 0.15) is 0 Å². The standard InChI is InChI=1S/C28H40O7/c1-4-5-25(33)35-28(23(31)17-34-24(32)11-15-29)14-10-22-20-7-6-18-16-19(30)8-12-26(18,2)21(20)9-13-27(22,28)3/h16,20-22,29H,4-15,17H2,1-3H3/t20-,21+,22+,26+,27+,28+/m1/s1. The number of hydrogen-bond donors (Lipinski definition) is 1. The van der Waals surface area contributed by atoms with Crippen LogP contribution in [0.15, 0.2) is 11.6 Å². The fourth-order valence-electron chi connectivity index (χ4n) is 8.12. The first kappa shape index (κ1) is 26.1. The van der Waals surface area contributed by atoms with E-state index in [4.69, 9.17) is 14.6 Å². The minimum Gasteiger partial charge on any atom is -0.457 e. The molecule has 4 aliphatic carbocycles. The second-order valence-corrected chi connectivity index (χ2v) is 11.6. The SMILES string of the molecule is CCCC(=O)O[C@]1(C(=O)COC(=O)CCO)CC[C@H]2[C@@H]3CCC4=CC(=O)CC[C@]4(C)[C@H]3CC[C@@]21C. The number of fused-ring (bicyclic) bond motifs is 5. The zero-order valence-electron chi connectivity index (χ0n) is 21.4. The third kappa shape index (κ3) is 4.28. The number of esters is 2. The summed E-state index contributed by atoms with van der Waals surface area (Å²) in [5.41, 5.74) is -0.510. The highest BCUT2D eigenvalue weighted by Gasteiger charge is 2.68. The fraction of sp³-hybridized carbons (Fsp3) is 0.786. The van der Waals surface area contributed by atoms with Crippen molar-refractivity contribution in [1.29, 1.82) is 0 Å². The van der Waals surface area contributed by atoms with E-state index in [-0.39, 0.29) is 48.3 Å². The first-order valence-electron chi connectivity index (χ1n) is 13.4. The van der Waals surface area contributed by atoms with Crippen molar-refractivity contribution < 1.29 is 33.8 Å². The Balaban J connectivity index is 1.63. The number of aliphatic hydroxyl groups is 1. The lowest BCUT2D eigenvalue weighted by atomic mass is 9.46. The van der Waals surface area contributed by atoms with Crippen molar-refractivity contribution >= 4 is 23.5 Å². The molecular formula is C28H40O7. The minimum absolute atomic E-state index is 0.0200. The van der Waals surface area contributed by atoms with E-state index in [2.05, 4.69) is 13.8 Å². The first-order chi connectivity index (χ1) is 16.6. The van der Waals surface area contributed by atoms with Gasteiger partial charge < -0.3 is 14.6 Å². The van der Waals surface area contributed by atoms with E-state index in [1.165, 1.54) is 5.57 Å². The molecule has 0 saturated heterocycles. The van der Waals surface area contributed by atoms with Crippen LogP contribution in [0.4, 0.5) is 0 Å². The van der Waals surface area contributed by atoms with E-state index in [0.717, 1.165) is 38.5 Å². The molecule has 0 aromatic rings. The summed E-state index contributed by atoms with van der Waals surface area (Å²) in [6.45, 7) is 5.54. The summed E-state index contributed by atoms with van der Waals surface area (Å²) < 4.78 is 11.3. The largest absolute Gasteiger partial charge is 0.457 e. The second-order valence-electron chi connectivity index (χ2n) is 11.6. The van der Waals surface area contributed by atoms with Crippen molar-refractivity contribution in [3.05, 3.63) is 11.6 Å². The maximum absolute atomic E-state index is 13.7. The van der Waals surface area contributed by atoms with Crippen molar-refractivity contribution in [2.24, 2.45) is 28.6 Å². The van der Waals surface area contributed by atoms with E-state index in [1.54, 1.807) is 0 Å². The van der Waals surface area contributed by atoms with Gasteiger partial charge in [-0.3, -0.25) is 19.2 Å². The highest BCUT2D eigenvalue weighted by Crippen LogP contribution is 2.68. The number of ether oxygens (including phenoxy) is 2. The average molecular weight is 489 g/mol. The average Bonchev–Trinajstić information content (AvgIpc) is 3.11. The van der Waals surface area contributed by atoms with Crippen molar-refractivity contribution in [3.63, 3.8) is 0 Å². The zero-order valence-corrected chi connectivity index (χ0v) is 21.4. The molecular weight excluding hydrogens is 448 g/mol. The van der Waals surface area contributed by atoms with Crippen LogP contribution in [0.1, 0.15) is 91.4 Å². The molecule has 35 heavy (non-hydrogen) atoms. The normalized spacial score (nSPS) is 38.0. The molecule has 4 aliphatic rings. The Bertz CT molecular complexity index is 922. The summed E-state index contributed by atoms with van der Waals surface area (Å²) in [6.07, 6.45) is 8.89.